The van der Waals surface area contributed by atoms with Crippen LogP contribution in [0.25, 0.3) is 0 Å². The number of allylic oxidation sites excluding steroid dienone is 2. The lowest BCUT2D eigenvalue weighted by Gasteiger charge is -2.08. The zero-order chi connectivity index (χ0) is 17.5. The highest BCUT2D eigenvalue weighted by molar-refractivity contribution is 6.14. The number of carbonyl (C=O) groups excluding carboxylic acids is 2. The predicted molar refractivity (Wildman–Crippen MR) is 85.5 cm³/mol. The lowest BCUT2D eigenvalue weighted by Crippen LogP contribution is -2.19. The van der Waals surface area contributed by atoms with Crippen molar-refractivity contribution in [3.63, 3.8) is 0 Å². The molecular weight excluding hydrogens is 302 g/mol. The Bertz CT molecular complexity index is 377. The Labute approximate surface area is 137 Å². The van der Waals surface area contributed by atoms with Crippen molar-refractivity contribution in [2.75, 3.05) is 40.5 Å². The first-order chi connectivity index (χ1) is 11.0. The molecule has 7 nitrogen and oxygen atoms in total. The van der Waals surface area contributed by atoms with E-state index in [-0.39, 0.29) is 32.0 Å². The quantitative estimate of drug-likeness (QED) is 0.135. The summed E-state index contributed by atoms with van der Waals surface area (Å²) in [7, 11) is 3.62. The molecule has 0 aromatic carbocycles. The predicted octanol–water partition coefficient (Wildman–Crippen LogP) is 0.619. The minimum atomic E-state index is -0.751. The number of esters is 2. The molecule has 0 heterocycles. The number of ether oxygens (including phenoxy) is 2. The smallest absolute Gasteiger partial charge is 0.345 e. The number of nitrogens with zero attached hydrogens (tertiary/aromatic N) is 1. The molecule has 0 amide bonds. The molecule has 0 aromatic heterocycles. The summed E-state index contributed by atoms with van der Waals surface area (Å²) in [4.78, 5) is 25.7. The molecule has 0 aromatic rings. The zero-order valence-corrected chi connectivity index (χ0v) is 13.9. The molecule has 0 aliphatic rings. The van der Waals surface area contributed by atoms with E-state index < -0.39 is 11.9 Å². The molecule has 0 saturated heterocycles. The summed E-state index contributed by atoms with van der Waals surface area (Å²) in [6, 6.07) is 0. The van der Waals surface area contributed by atoms with Crippen LogP contribution in [-0.4, -0.2) is 67.6 Å². The fraction of sp³-hybridized carbons (Fsp3) is 0.625. The molecule has 7 heteroatoms. The van der Waals surface area contributed by atoms with Crippen LogP contribution in [0.2, 0.25) is 0 Å². The van der Waals surface area contributed by atoms with Crippen molar-refractivity contribution >= 4 is 11.9 Å². The Kier molecular flexibility index (Phi) is 12.7. The fourth-order valence-electron chi connectivity index (χ4n) is 1.44. The summed E-state index contributed by atoms with van der Waals surface area (Å²) in [5, 5.41) is 17.4. The van der Waals surface area contributed by atoms with E-state index in [1.165, 1.54) is 6.08 Å². The molecule has 0 aliphatic heterocycles. The lowest BCUT2D eigenvalue weighted by molar-refractivity contribution is -0.147. The molecule has 0 bridgehead atoms. The molecule has 2 N–H and O–H groups in total. The number of hydrogen-bond acceptors (Lipinski definition) is 7. The molecule has 0 aliphatic carbocycles. The Balaban J connectivity index is 4.66. The minimum Gasteiger partial charge on any atom is -0.462 e. The summed E-state index contributed by atoms with van der Waals surface area (Å²) in [6.07, 6.45) is 6.68. The third-order valence-corrected chi connectivity index (χ3v) is 2.66. The van der Waals surface area contributed by atoms with Crippen LogP contribution in [0.3, 0.4) is 0 Å². The van der Waals surface area contributed by atoms with Crippen LogP contribution in [0.1, 0.15) is 25.7 Å². The van der Waals surface area contributed by atoms with Gasteiger partial charge in [0.05, 0.1) is 13.2 Å². The standard InChI is InChI=1S/C16H27NO6/c1-17(2)9-7-8-14(15(20)22-12-5-3-10-18)16(21)23-13-6-4-11-19/h7-9,18-19H,3-6,10-13H2,1-2H3/b9-7+. The van der Waals surface area contributed by atoms with Gasteiger partial charge >= 0.3 is 11.9 Å². The topological polar surface area (TPSA) is 96.3 Å². The van der Waals surface area contributed by atoms with E-state index in [0.29, 0.717) is 25.7 Å². The highest BCUT2D eigenvalue weighted by Crippen LogP contribution is 2.05. The molecule has 132 valence electrons. The van der Waals surface area contributed by atoms with Gasteiger partial charge in [-0.15, -0.1) is 0 Å². The molecule has 23 heavy (non-hydrogen) atoms. The number of unbranched alkanes of at least 4 members (excludes halogenated alkanes) is 2. The third-order valence-electron chi connectivity index (χ3n) is 2.66. The Morgan fingerprint density at radius 3 is 1.78 bits per heavy atom. The third kappa shape index (κ3) is 11.4. The highest BCUT2D eigenvalue weighted by Gasteiger charge is 2.20. The Hall–Kier alpha value is -1.86. The van der Waals surface area contributed by atoms with Gasteiger partial charge in [-0.1, -0.05) is 0 Å². The summed E-state index contributed by atoms with van der Waals surface area (Å²) in [5.74, 6) is -1.50. The van der Waals surface area contributed by atoms with Gasteiger partial charge in [-0.25, -0.2) is 9.59 Å². The molecule has 0 radical (unpaired) electrons. The van der Waals surface area contributed by atoms with Crippen LogP contribution in [-0.2, 0) is 19.1 Å². The van der Waals surface area contributed by atoms with Gasteiger partial charge < -0.3 is 24.6 Å². The maximum atomic E-state index is 12.0. The summed E-state index contributed by atoms with van der Waals surface area (Å²) in [5.41, 5.74) is -0.184. The largest absolute Gasteiger partial charge is 0.462 e. The van der Waals surface area contributed by atoms with Crippen molar-refractivity contribution in [2.24, 2.45) is 0 Å². The number of rotatable bonds is 12. The second kappa shape index (κ2) is 13.8. The van der Waals surface area contributed by atoms with E-state index in [0.717, 1.165) is 0 Å². The first-order valence-electron chi connectivity index (χ1n) is 7.63. The van der Waals surface area contributed by atoms with Crippen LogP contribution in [0.4, 0.5) is 0 Å². The average molecular weight is 329 g/mol. The SMILES string of the molecule is CN(C)/C=C/C=C(C(=O)OCCCCO)C(=O)OCCCCO. The molecule has 0 unspecified atom stereocenters. The number of carbonyl (C=O) groups is 2. The molecular formula is C16H27NO6. The van der Waals surface area contributed by atoms with Crippen molar-refractivity contribution in [1.29, 1.82) is 0 Å². The maximum absolute atomic E-state index is 12.0. The first-order valence-corrected chi connectivity index (χ1v) is 7.63. The first kappa shape index (κ1) is 21.1. The van der Waals surface area contributed by atoms with Gasteiger partial charge in [0.1, 0.15) is 5.57 Å². The van der Waals surface area contributed by atoms with Crippen molar-refractivity contribution in [1.82, 2.24) is 4.90 Å². The molecule has 0 fully saturated rings. The molecule has 0 spiro atoms. The Morgan fingerprint density at radius 2 is 1.39 bits per heavy atom. The van der Waals surface area contributed by atoms with E-state index >= 15 is 0 Å². The van der Waals surface area contributed by atoms with E-state index in [9.17, 15) is 9.59 Å². The summed E-state index contributed by atoms with van der Waals surface area (Å²) in [6.45, 7) is 0.315. The van der Waals surface area contributed by atoms with Crippen LogP contribution >= 0.6 is 0 Å². The summed E-state index contributed by atoms with van der Waals surface area (Å²) < 4.78 is 10.0. The van der Waals surface area contributed by atoms with Crippen LogP contribution in [0.15, 0.2) is 23.9 Å². The fourth-order valence-corrected chi connectivity index (χ4v) is 1.44. The lowest BCUT2D eigenvalue weighted by atomic mass is 10.2. The van der Waals surface area contributed by atoms with Crippen molar-refractivity contribution in [3.05, 3.63) is 23.9 Å². The van der Waals surface area contributed by atoms with Crippen LogP contribution in [0, 0.1) is 0 Å². The van der Waals surface area contributed by atoms with Crippen molar-refractivity contribution in [2.45, 2.75) is 25.7 Å². The van der Waals surface area contributed by atoms with Crippen molar-refractivity contribution in [3.8, 4) is 0 Å². The van der Waals surface area contributed by atoms with E-state index in [1.54, 1.807) is 17.2 Å². The number of aliphatic hydroxyl groups is 2. The zero-order valence-electron chi connectivity index (χ0n) is 13.9. The van der Waals surface area contributed by atoms with Gasteiger partial charge in [0.15, 0.2) is 0 Å². The van der Waals surface area contributed by atoms with Gasteiger partial charge in [-0.3, -0.25) is 0 Å². The normalized spacial score (nSPS) is 10.4. The van der Waals surface area contributed by atoms with E-state index in [2.05, 4.69) is 0 Å². The second-order valence-electron chi connectivity index (χ2n) is 5.02. The van der Waals surface area contributed by atoms with E-state index in [1.807, 2.05) is 14.1 Å². The van der Waals surface area contributed by atoms with Crippen molar-refractivity contribution < 1.29 is 29.3 Å². The van der Waals surface area contributed by atoms with Crippen LogP contribution < -0.4 is 0 Å². The van der Waals surface area contributed by atoms with E-state index in [4.69, 9.17) is 19.7 Å². The second-order valence-corrected chi connectivity index (χ2v) is 5.02. The number of hydrogen-bond donors (Lipinski definition) is 2. The van der Waals surface area contributed by atoms with Gasteiger partial charge in [0.2, 0.25) is 0 Å². The molecule has 0 rings (SSSR count). The van der Waals surface area contributed by atoms with Crippen LogP contribution in [0.5, 0.6) is 0 Å². The average Bonchev–Trinajstić information content (AvgIpc) is 2.51. The molecule has 0 atom stereocenters. The highest BCUT2D eigenvalue weighted by atomic mass is 16.6. The van der Waals surface area contributed by atoms with Gasteiger partial charge in [0.25, 0.3) is 0 Å². The van der Waals surface area contributed by atoms with Gasteiger partial charge in [-0.05, 0) is 44.0 Å². The minimum absolute atomic E-state index is 0.0265. The Morgan fingerprint density at radius 1 is 0.913 bits per heavy atom. The van der Waals surface area contributed by atoms with Gasteiger partial charge in [-0.2, -0.15) is 0 Å². The number of aliphatic hydroxyl groups excluding tert-OH is 2. The monoisotopic (exact) mass is 329 g/mol. The maximum Gasteiger partial charge on any atom is 0.345 e. The van der Waals surface area contributed by atoms with Gasteiger partial charge in [0, 0.05) is 27.3 Å². The summed E-state index contributed by atoms with van der Waals surface area (Å²) >= 11 is 0. The molecule has 0 saturated carbocycles.